The summed E-state index contributed by atoms with van der Waals surface area (Å²) in [6, 6.07) is 6.91. The van der Waals surface area contributed by atoms with E-state index in [4.69, 9.17) is 9.16 Å². The van der Waals surface area contributed by atoms with Gasteiger partial charge in [-0.25, -0.2) is 0 Å². The zero-order valence-electron chi connectivity index (χ0n) is 18.4. The fraction of sp³-hybridized carbons (Fsp3) is 0.714. The molecule has 1 heterocycles. The Kier molecular flexibility index (Phi) is 7.81. The topological polar surface area (TPSA) is 33.7 Å². The van der Waals surface area contributed by atoms with Gasteiger partial charge in [0, 0.05) is 25.7 Å². The minimum atomic E-state index is -4.34. The molecule has 1 fully saturated rings. The largest absolute Gasteiger partial charge is 0.484 e. The molecule has 1 aliphatic heterocycles. The van der Waals surface area contributed by atoms with Crippen molar-refractivity contribution in [2.45, 2.75) is 63.6 Å². The van der Waals surface area contributed by atoms with Crippen LogP contribution in [-0.4, -0.2) is 58.8 Å². The van der Waals surface area contributed by atoms with E-state index in [1.807, 2.05) is 13.1 Å². The number of ether oxygens (including phenoxy) is 1. The molecule has 1 N–H and O–H groups in total. The lowest BCUT2D eigenvalue weighted by atomic mass is 10.1. The van der Waals surface area contributed by atoms with Crippen LogP contribution in [0.25, 0.3) is 0 Å². The number of nitrogens with zero attached hydrogens (tertiary/aromatic N) is 1. The molecule has 4 nitrogen and oxygen atoms in total. The van der Waals surface area contributed by atoms with Gasteiger partial charge in [0.1, 0.15) is 5.75 Å². The molecule has 1 saturated heterocycles. The van der Waals surface area contributed by atoms with Gasteiger partial charge in [0.05, 0.1) is 6.10 Å². The molecule has 0 aliphatic carbocycles. The van der Waals surface area contributed by atoms with Crippen LogP contribution < -0.4 is 10.1 Å². The van der Waals surface area contributed by atoms with Crippen LogP contribution in [0.3, 0.4) is 0 Å². The lowest BCUT2D eigenvalue weighted by Crippen LogP contribution is -2.44. The summed E-state index contributed by atoms with van der Waals surface area (Å²) < 4.78 is 48.7. The normalized spacial score (nSPS) is 20.1. The van der Waals surface area contributed by atoms with Crippen molar-refractivity contribution in [1.82, 2.24) is 10.2 Å². The predicted molar refractivity (Wildman–Crippen MR) is 113 cm³/mol. The minimum absolute atomic E-state index is 0.0102. The molecule has 0 saturated carbocycles. The minimum Gasteiger partial charge on any atom is -0.484 e. The van der Waals surface area contributed by atoms with Gasteiger partial charge in [-0.15, -0.1) is 0 Å². The van der Waals surface area contributed by atoms with Gasteiger partial charge >= 0.3 is 6.18 Å². The van der Waals surface area contributed by atoms with Crippen LogP contribution in [0.2, 0.25) is 18.1 Å². The Morgan fingerprint density at radius 1 is 1.24 bits per heavy atom. The highest BCUT2D eigenvalue weighted by Crippen LogP contribution is 2.38. The van der Waals surface area contributed by atoms with Crippen molar-refractivity contribution in [3.8, 4) is 5.75 Å². The molecule has 0 unspecified atom stereocenters. The van der Waals surface area contributed by atoms with Gasteiger partial charge in [0.25, 0.3) is 0 Å². The number of rotatable bonds is 8. The first-order chi connectivity index (χ1) is 13.3. The van der Waals surface area contributed by atoms with E-state index < -0.39 is 21.1 Å². The summed E-state index contributed by atoms with van der Waals surface area (Å²) in [5.41, 5.74) is 0.918. The van der Waals surface area contributed by atoms with Crippen molar-refractivity contribution >= 4 is 8.32 Å². The smallest absolute Gasteiger partial charge is 0.422 e. The molecule has 1 aliphatic rings. The zero-order valence-corrected chi connectivity index (χ0v) is 19.4. The number of nitrogens with one attached hydrogen (secondary N) is 1. The summed E-state index contributed by atoms with van der Waals surface area (Å²) in [6.07, 6.45) is -3.08. The van der Waals surface area contributed by atoms with Crippen molar-refractivity contribution in [2.24, 2.45) is 0 Å². The molecule has 2 atom stereocenters. The third kappa shape index (κ3) is 7.27. The highest BCUT2D eigenvalue weighted by atomic mass is 28.4. The molecule has 0 radical (unpaired) electrons. The van der Waals surface area contributed by atoms with Crippen LogP contribution in [0.4, 0.5) is 13.2 Å². The number of likely N-dealkylation sites (N-methyl/N-ethyl adjacent to an activating group) is 1. The molecule has 1 aromatic carbocycles. The predicted octanol–water partition coefficient (Wildman–Crippen LogP) is 4.98. The molecule has 0 aromatic heterocycles. The lowest BCUT2D eigenvalue weighted by Gasteiger charge is -2.38. The van der Waals surface area contributed by atoms with E-state index >= 15 is 0 Å². The number of hydrogen-bond acceptors (Lipinski definition) is 4. The Balaban J connectivity index is 1.95. The third-order valence-electron chi connectivity index (χ3n) is 5.95. The second-order valence-corrected chi connectivity index (χ2v) is 14.1. The quantitative estimate of drug-likeness (QED) is 0.587. The van der Waals surface area contributed by atoms with E-state index in [-0.39, 0.29) is 22.9 Å². The molecule has 166 valence electrons. The highest BCUT2D eigenvalue weighted by Gasteiger charge is 2.40. The van der Waals surface area contributed by atoms with E-state index in [1.54, 1.807) is 18.2 Å². The lowest BCUT2D eigenvalue weighted by molar-refractivity contribution is -0.153. The van der Waals surface area contributed by atoms with E-state index in [9.17, 15) is 13.2 Å². The number of likely N-dealkylation sites (tertiary alicyclic amines) is 1. The summed E-state index contributed by atoms with van der Waals surface area (Å²) in [5, 5.41) is 3.47. The molecule has 0 spiro atoms. The van der Waals surface area contributed by atoms with Crippen LogP contribution in [0.1, 0.15) is 38.8 Å². The average Bonchev–Trinajstić information content (AvgIpc) is 3.03. The summed E-state index contributed by atoms with van der Waals surface area (Å²) in [5.74, 6) is 0.237. The molecule has 0 bridgehead atoms. The molecule has 2 rings (SSSR count). The van der Waals surface area contributed by atoms with Gasteiger partial charge in [0.2, 0.25) is 0 Å². The van der Waals surface area contributed by atoms with E-state index in [0.29, 0.717) is 0 Å². The molecule has 8 heteroatoms. The highest BCUT2D eigenvalue weighted by molar-refractivity contribution is 6.74. The Labute approximate surface area is 173 Å². The summed E-state index contributed by atoms with van der Waals surface area (Å²) >= 11 is 0. The zero-order chi connectivity index (χ0) is 21.9. The number of alkyl halides is 3. The van der Waals surface area contributed by atoms with Crippen LogP contribution >= 0.6 is 0 Å². The maximum atomic E-state index is 12.4. The summed E-state index contributed by atoms with van der Waals surface area (Å²) in [6.45, 7) is 12.6. The second-order valence-electron chi connectivity index (χ2n) is 9.37. The maximum absolute atomic E-state index is 12.4. The van der Waals surface area contributed by atoms with Crippen molar-refractivity contribution in [3.63, 3.8) is 0 Å². The maximum Gasteiger partial charge on any atom is 0.422 e. The van der Waals surface area contributed by atoms with Gasteiger partial charge in [-0.1, -0.05) is 32.9 Å². The molecule has 1 aromatic rings. The van der Waals surface area contributed by atoms with E-state index in [0.717, 1.165) is 31.6 Å². The van der Waals surface area contributed by atoms with Crippen LogP contribution in [0.15, 0.2) is 24.3 Å². The molecule has 29 heavy (non-hydrogen) atoms. The van der Waals surface area contributed by atoms with Gasteiger partial charge in [-0.05, 0) is 49.3 Å². The standard InChI is InChI=1S/C21H35F3N2O2Si/c1-20(2,3)29(5,6)28-18-10-11-26(13-18)14-19(25-4)16-8-7-9-17(12-16)27-15-21(22,23)24/h7-9,12,18-19,25H,10-11,13-15H2,1-6H3/t18-,19-/m1/s1. The second kappa shape index (κ2) is 9.37. The van der Waals surface area contributed by atoms with Crippen molar-refractivity contribution < 1.29 is 22.3 Å². The van der Waals surface area contributed by atoms with E-state index in [2.05, 4.69) is 44.1 Å². The van der Waals surface area contributed by atoms with Gasteiger partial charge in [-0.3, -0.25) is 4.90 Å². The Hall–Kier alpha value is -1.09. The van der Waals surface area contributed by atoms with Crippen molar-refractivity contribution in [1.29, 1.82) is 0 Å². The van der Waals surface area contributed by atoms with Crippen LogP contribution in [0.5, 0.6) is 5.75 Å². The Morgan fingerprint density at radius 2 is 1.93 bits per heavy atom. The fourth-order valence-corrected chi connectivity index (χ4v) is 4.64. The van der Waals surface area contributed by atoms with Crippen molar-refractivity contribution in [2.75, 3.05) is 33.3 Å². The van der Waals surface area contributed by atoms with Crippen LogP contribution in [0, 0.1) is 0 Å². The molecular weight excluding hydrogens is 397 g/mol. The first-order valence-electron chi connectivity index (χ1n) is 10.2. The first kappa shape index (κ1) is 24.2. The van der Waals surface area contributed by atoms with E-state index in [1.165, 1.54) is 0 Å². The number of halogens is 3. The molecular formula is C21H35F3N2O2Si. The number of benzene rings is 1. The summed E-state index contributed by atoms with van der Waals surface area (Å²) in [7, 11) is 0.0741. The van der Waals surface area contributed by atoms with Gasteiger partial charge < -0.3 is 14.5 Å². The Bertz CT molecular complexity index is 662. The monoisotopic (exact) mass is 432 g/mol. The van der Waals surface area contributed by atoms with Crippen LogP contribution in [-0.2, 0) is 4.43 Å². The SMILES string of the molecule is CN[C@H](CN1CC[C@@H](O[Si](C)(C)C(C)(C)C)C1)c1cccc(OCC(F)(F)F)c1. The Morgan fingerprint density at radius 3 is 2.52 bits per heavy atom. The average molecular weight is 433 g/mol. The number of hydrogen-bond donors (Lipinski definition) is 1. The van der Waals surface area contributed by atoms with Gasteiger partial charge in [-0.2, -0.15) is 13.2 Å². The van der Waals surface area contributed by atoms with Gasteiger partial charge in [0.15, 0.2) is 14.9 Å². The molecule has 0 amide bonds. The fourth-order valence-electron chi connectivity index (χ4n) is 3.26. The third-order valence-corrected chi connectivity index (χ3v) is 10.5. The van der Waals surface area contributed by atoms with Crippen molar-refractivity contribution in [3.05, 3.63) is 29.8 Å². The summed E-state index contributed by atoms with van der Waals surface area (Å²) in [4.78, 5) is 2.36. The first-order valence-corrected chi connectivity index (χ1v) is 13.1.